The summed E-state index contributed by atoms with van der Waals surface area (Å²) < 4.78 is 11.6. The molecule has 1 N–H and O–H groups in total. The van der Waals surface area contributed by atoms with Crippen molar-refractivity contribution in [1.29, 1.82) is 0 Å². The topological polar surface area (TPSA) is 50.8 Å². The molecule has 1 unspecified atom stereocenters. The van der Waals surface area contributed by atoms with Crippen molar-refractivity contribution >= 4 is 6.09 Å². The first-order valence-electron chi connectivity index (χ1n) is 12.7. The zero-order valence-electron chi connectivity index (χ0n) is 19.5. The zero-order chi connectivity index (χ0) is 22.4. The number of alkyl carbamates (subject to hydrolysis) is 1. The van der Waals surface area contributed by atoms with E-state index in [4.69, 9.17) is 9.47 Å². The van der Waals surface area contributed by atoms with E-state index in [-0.39, 0.29) is 23.7 Å². The summed E-state index contributed by atoms with van der Waals surface area (Å²) in [6, 6.07) is 15.1. The number of rotatable bonds is 5. The molecule has 5 heteroatoms. The van der Waals surface area contributed by atoms with Gasteiger partial charge in [-0.15, -0.1) is 0 Å². The van der Waals surface area contributed by atoms with E-state index < -0.39 is 0 Å². The van der Waals surface area contributed by atoms with E-state index in [9.17, 15) is 4.79 Å². The fourth-order valence-electron chi connectivity index (χ4n) is 6.32. The summed E-state index contributed by atoms with van der Waals surface area (Å²) in [5.74, 6) is 1.44. The van der Waals surface area contributed by atoms with Crippen LogP contribution in [0.25, 0.3) is 11.1 Å². The summed E-state index contributed by atoms with van der Waals surface area (Å²) in [5.41, 5.74) is 5.27. The minimum atomic E-state index is -0.228. The number of hydrogen-bond donors (Lipinski definition) is 1. The Labute approximate surface area is 196 Å². The Bertz CT molecular complexity index is 1020. The van der Waals surface area contributed by atoms with E-state index in [2.05, 4.69) is 40.5 Å². The second kappa shape index (κ2) is 8.35. The molecule has 2 aliphatic carbocycles. The Balaban J connectivity index is 1.20. The molecular weight excluding hydrogens is 412 g/mol. The fourth-order valence-corrected chi connectivity index (χ4v) is 6.32. The van der Waals surface area contributed by atoms with Gasteiger partial charge in [0.25, 0.3) is 0 Å². The molecule has 5 nitrogen and oxygen atoms in total. The Kier molecular flexibility index (Phi) is 5.33. The van der Waals surface area contributed by atoms with Crippen LogP contribution in [0.2, 0.25) is 0 Å². The monoisotopic (exact) mass is 446 g/mol. The summed E-state index contributed by atoms with van der Waals surface area (Å²) in [4.78, 5) is 15.4. The van der Waals surface area contributed by atoms with Crippen molar-refractivity contribution in [3.63, 3.8) is 0 Å². The molecule has 2 atom stereocenters. The van der Waals surface area contributed by atoms with Gasteiger partial charge in [-0.1, -0.05) is 30.3 Å². The normalized spacial score (nSPS) is 28.8. The lowest BCUT2D eigenvalue weighted by Gasteiger charge is -2.44. The second-order valence-electron chi connectivity index (χ2n) is 10.4. The largest absolute Gasteiger partial charge is 0.494 e. The van der Waals surface area contributed by atoms with Crippen LogP contribution in [-0.2, 0) is 11.2 Å². The van der Waals surface area contributed by atoms with Crippen molar-refractivity contribution in [2.45, 2.75) is 57.6 Å². The third kappa shape index (κ3) is 4.01. The van der Waals surface area contributed by atoms with Gasteiger partial charge in [0.2, 0.25) is 0 Å². The van der Waals surface area contributed by atoms with Crippen molar-refractivity contribution in [1.82, 2.24) is 10.2 Å². The van der Waals surface area contributed by atoms with Crippen LogP contribution in [0.15, 0.2) is 42.5 Å². The Morgan fingerprint density at radius 1 is 1.06 bits per heavy atom. The van der Waals surface area contributed by atoms with E-state index in [0.717, 1.165) is 51.1 Å². The highest BCUT2D eigenvalue weighted by atomic mass is 16.6. The first-order valence-corrected chi connectivity index (χ1v) is 12.7. The van der Waals surface area contributed by atoms with E-state index in [1.54, 1.807) is 0 Å². The van der Waals surface area contributed by atoms with Gasteiger partial charge in [0, 0.05) is 6.54 Å². The smallest absolute Gasteiger partial charge is 0.407 e. The highest BCUT2D eigenvalue weighted by molar-refractivity contribution is 5.70. The van der Waals surface area contributed by atoms with Gasteiger partial charge in [0.15, 0.2) is 0 Å². The van der Waals surface area contributed by atoms with Crippen LogP contribution in [0.4, 0.5) is 4.79 Å². The first kappa shape index (κ1) is 21.0. The number of ether oxygens (including phenoxy) is 2. The van der Waals surface area contributed by atoms with E-state index in [1.165, 1.54) is 35.1 Å². The molecule has 4 fully saturated rings. The average Bonchev–Trinajstić information content (AvgIpc) is 3.63. The molecule has 3 heterocycles. The number of aryl methyl sites for hydroxylation is 1. The summed E-state index contributed by atoms with van der Waals surface area (Å²) in [5, 5.41) is 3.32. The maximum Gasteiger partial charge on any atom is 0.407 e. The molecule has 1 amide bonds. The molecule has 1 saturated carbocycles. The molecule has 2 bridgehead atoms. The Morgan fingerprint density at radius 3 is 2.48 bits per heavy atom. The maximum absolute atomic E-state index is 13.0. The number of amides is 1. The van der Waals surface area contributed by atoms with E-state index in [1.807, 2.05) is 19.1 Å². The van der Waals surface area contributed by atoms with Crippen LogP contribution in [0.1, 0.15) is 56.2 Å². The Hall–Kier alpha value is -2.53. The van der Waals surface area contributed by atoms with Gasteiger partial charge in [0.1, 0.15) is 11.9 Å². The maximum atomic E-state index is 13.0. The molecule has 2 aromatic rings. The first-order chi connectivity index (χ1) is 16.1. The van der Waals surface area contributed by atoms with Crippen LogP contribution < -0.4 is 10.1 Å². The number of carbonyl (C=O) groups excluding carboxylic acids is 1. The van der Waals surface area contributed by atoms with Gasteiger partial charge >= 0.3 is 6.09 Å². The third-order valence-corrected chi connectivity index (χ3v) is 8.47. The van der Waals surface area contributed by atoms with Gasteiger partial charge in [0.05, 0.1) is 12.6 Å². The van der Waals surface area contributed by atoms with Crippen LogP contribution in [-0.4, -0.2) is 43.3 Å². The number of fused-ring (bicyclic) bond motifs is 4. The molecule has 3 saturated heterocycles. The number of piperidine rings is 3. The SMILES string of the molecule is CCOc1ccc(-c2ccc3c(c2)CCC2(CC2)C3NC(=O)O[C@@H]2CN3CCC2CC3)cc1. The van der Waals surface area contributed by atoms with Gasteiger partial charge in [-0.05, 0) is 104 Å². The predicted octanol–water partition coefficient (Wildman–Crippen LogP) is 5.34. The quantitative estimate of drug-likeness (QED) is 0.674. The van der Waals surface area contributed by atoms with Crippen LogP contribution in [0.3, 0.4) is 0 Å². The van der Waals surface area contributed by atoms with Crippen molar-refractivity contribution in [2.75, 3.05) is 26.2 Å². The van der Waals surface area contributed by atoms with Crippen molar-refractivity contribution in [3.05, 3.63) is 53.6 Å². The molecular formula is C28H34N2O3. The van der Waals surface area contributed by atoms with Crippen molar-refractivity contribution in [3.8, 4) is 16.9 Å². The molecule has 5 aliphatic rings. The van der Waals surface area contributed by atoms with Crippen LogP contribution >= 0.6 is 0 Å². The number of hydrogen-bond acceptors (Lipinski definition) is 4. The fraction of sp³-hybridized carbons (Fsp3) is 0.536. The molecule has 0 radical (unpaired) electrons. The van der Waals surface area contributed by atoms with Crippen molar-refractivity contribution < 1.29 is 14.3 Å². The lowest BCUT2D eigenvalue weighted by atomic mass is 9.76. The average molecular weight is 447 g/mol. The summed E-state index contributed by atoms with van der Waals surface area (Å²) in [7, 11) is 0. The molecule has 174 valence electrons. The predicted molar refractivity (Wildman–Crippen MR) is 128 cm³/mol. The number of carbonyl (C=O) groups is 1. The lowest BCUT2D eigenvalue weighted by molar-refractivity contribution is -0.0347. The molecule has 1 spiro atoms. The zero-order valence-corrected chi connectivity index (χ0v) is 19.5. The van der Waals surface area contributed by atoms with E-state index in [0.29, 0.717) is 12.5 Å². The minimum absolute atomic E-state index is 0.0488. The lowest BCUT2D eigenvalue weighted by Crippen LogP contribution is -2.53. The van der Waals surface area contributed by atoms with Gasteiger partial charge in [-0.3, -0.25) is 4.90 Å². The van der Waals surface area contributed by atoms with Crippen LogP contribution in [0, 0.1) is 11.3 Å². The highest BCUT2D eigenvalue weighted by Crippen LogP contribution is 2.61. The van der Waals surface area contributed by atoms with Gasteiger partial charge < -0.3 is 14.8 Å². The molecule has 2 aromatic carbocycles. The molecule has 33 heavy (non-hydrogen) atoms. The number of nitrogens with one attached hydrogen (secondary N) is 1. The summed E-state index contributed by atoms with van der Waals surface area (Å²) in [6.45, 7) is 5.89. The van der Waals surface area contributed by atoms with Gasteiger partial charge in [-0.25, -0.2) is 4.79 Å². The standard InChI is InChI=1S/C28H34N2O3/c1-2-32-23-6-3-19(4-7-23)21-5-8-24-22(17-21)9-12-28(13-14-28)26(24)29-27(31)33-25-18-30-15-10-20(25)11-16-30/h3-8,17,20,25-26H,2,9-16,18H2,1H3,(H,29,31)/t25-,26?/m1/s1. The Morgan fingerprint density at radius 2 is 1.82 bits per heavy atom. The van der Waals surface area contributed by atoms with Crippen LogP contribution in [0.5, 0.6) is 5.75 Å². The highest BCUT2D eigenvalue weighted by Gasteiger charge is 2.53. The summed E-state index contributed by atoms with van der Waals surface area (Å²) >= 11 is 0. The van der Waals surface area contributed by atoms with Crippen molar-refractivity contribution in [2.24, 2.45) is 11.3 Å². The molecule has 7 rings (SSSR count). The number of nitrogens with zero attached hydrogens (tertiary/aromatic N) is 1. The number of benzene rings is 2. The second-order valence-corrected chi connectivity index (χ2v) is 10.4. The summed E-state index contributed by atoms with van der Waals surface area (Å²) in [6.07, 6.45) is 6.73. The van der Waals surface area contributed by atoms with Gasteiger partial charge in [-0.2, -0.15) is 0 Å². The molecule has 0 aromatic heterocycles. The minimum Gasteiger partial charge on any atom is -0.494 e. The van der Waals surface area contributed by atoms with E-state index >= 15 is 0 Å². The molecule has 3 aliphatic heterocycles. The third-order valence-electron chi connectivity index (χ3n) is 8.47.